The molecule has 18 heavy (non-hydrogen) atoms. The number of thioether (sulfide) groups is 1. The minimum absolute atomic E-state index is 0.0360. The summed E-state index contributed by atoms with van der Waals surface area (Å²) in [5.74, 6) is -0.150. The van der Waals surface area contributed by atoms with Crippen molar-refractivity contribution in [3.63, 3.8) is 0 Å². The van der Waals surface area contributed by atoms with E-state index in [1.54, 1.807) is 13.8 Å². The molecule has 0 spiro atoms. The molecular formula is C11H17N5OS. The minimum atomic E-state index is -0.854. The van der Waals surface area contributed by atoms with Crippen molar-refractivity contribution >= 4 is 17.7 Å². The molecule has 0 saturated carbocycles. The van der Waals surface area contributed by atoms with E-state index in [1.165, 1.54) is 18.1 Å². The molecule has 98 valence electrons. The van der Waals surface area contributed by atoms with E-state index < -0.39 is 5.54 Å². The predicted molar refractivity (Wildman–Crippen MR) is 68.7 cm³/mol. The number of aromatic amines is 1. The molecule has 1 heterocycles. The summed E-state index contributed by atoms with van der Waals surface area (Å²) < 4.78 is 0. The second-order valence-corrected chi connectivity index (χ2v) is 5.84. The number of nitrogens with one attached hydrogen (secondary N) is 2. The quantitative estimate of drug-likeness (QED) is 0.785. The fourth-order valence-electron chi connectivity index (χ4n) is 1.13. The van der Waals surface area contributed by atoms with Crippen molar-refractivity contribution < 1.29 is 4.79 Å². The third-order valence-electron chi connectivity index (χ3n) is 2.82. The fraction of sp³-hybridized carbons (Fsp3) is 0.636. The summed E-state index contributed by atoms with van der Waals surface area (Å²) in [5, 5.41) is 18.5. The topological polar surface area (TPSA) is 94.5 Å². The van der Waals surface area contributed by atoms with Gasteiger partial charge in [-0.15, -0.1) is 0 Å². The molecule has 0 aliphatic rings. The molecule has 2 unspecified atom stereocenters. The van der Waals surface area contributed by atoms with E-state index >= 15 is 0 Å². The summed E-state index contributed by atoms with van der Waals surface area (Å²) in [5.41, 5.74) is -0.854. The molecule has 0 bridgehead atoms. The molecule has 7 heteroatoms. The zero-order valence-corrected chi connectivity index (χ0v) is 11.7. The van der Waals surface area contributed by atoms with Gasteiger partial charge in [-0.1, -0.05) is 25.6 Å². The van der Waals surface area contributed by atoms with Gasteiger partial charge in [-0.2, -0.15) is 10.4 Å². The third-order valence-corrected chi connectivity index (χ3v) is 3.81. The van der Waals surface area contributed by atoms with Crippen LogP contribution in [0.5, 0.6) is 0 Å². The Morgan fingerprint density at radius 3 is 2.72 bits per heavy atom. The lowest BCUT2D eigenvalue weighted by Gasteiger charge is -2.28. The Labute approximate surface area is 111 Å². The van der Waals surface area contributed by atoms with Gasteiger partial charge in [-0.3, -0.25) is 9.89 Å². The van der Waals surface area contributed by atoms with E-state index in [0.29, 0.717) is 5.16 Å². The lowest BCUT2D eigenvalue weighted by Crippen LogP contribution is -2.51. The molecule has 2 atom stereocenters. The number of hydrogen-bond acceptors (Lipinski definition) is 5. The third kappa shape index (κ3) is 3.47. The van der Waals surface area contributed by atoms with E-state index in [0.717, 1.165) is 0 Å². The van der Waals surface area contributed by atoms with E-state index in [-0.39, 0.29) is 17.1 Å². The molecule has 0 radical (unpaired) electrons. The average Bonchev–Trinajstić information content (AvgIpc) is 2.81. The molecule has 0 aliphatic carbocycles. The lowest BCUT2D eigenvalue weighted by atomic mass is 9.90. The number of aromatic nitrogens is 3. The van der Waals surface area contributed by atoms with Crippen LogP contribution in [0.4, 0.5) is 0 Å². The Morgan fingerprint density at radius 1 is 1.61 bits per heavy atom. The van der Waals surface area contributed by atoms with Gasteiger partial charge >= 0.3 is 0 Å². The number of rotatable bonds is 5. The van der Waals surface area contributed by atoms with Gasteiger partial charge in [0.15, 0.2) is 5.16 Å². The normalized spacial score (nSPS) is 15.8. The zero-order valence-electron chi connectivity index (χ0n) is 10.9. The van der Waals surface area contributed by atoms with Crippen LogP contribution < -0.4 is 5.32 Å². The molecule has 6 nitrogen and oxygen atoms in total. The SMILES string of the molecule is CC(Sc1ncn[nH]1)C(=O)NC(C)(C#N)C(C)C. The zero-order chi connectivity index (χ0) is 13.8. The molecular weight excluding hydrogens is 250 g/mol. The number of amides is 1. The molecule has 1 rings (SSSR count). The van der Waals surface area contributed by atoms with E-state index in [4.69, 9.17) is 5.26 Å². The van der Waals surface area contributed by atoms with Crippen LogP contribution in [-0.2, 0) is 4.79 Å². The molecule has 0 aliphatic heterocycles. The van der Waals surface area contributed by atoms with E-state index in [9.17, 15) is 4.79 Å². The van der Waals surface area contributed by atoms with Crippen LogP contribution in [0.2, 0.25) is 0 Å². The Kier molecular flexibility index (Phi) is 4.73. The molecule has 0 saturated heterocycles. The molecule has 1 aromatic rings. The summed E-state index contributed by atoms with van der Waals surface area (Å²) in [7, 11) is 0. The van der Waals surface area contributed by atoms with Crippen LogP contribution in [0.25, 0.3) is 0 Å². The molecule has 0 fully saturated rings. The number of nitriles is 1. The number of carbonyl (C=O) groups is 1. The number of H-pyrrole nitrogens is 1. The maximum Gasteiger partial charge on any atom is 0.234 e. The van der Waals surface area contributed by atoms with Gasteiger partial charge in [0.05, 0.1) is 11.3 Å². The van der Waals surface area contributed by atoms with Gasteiger partial charge in [-0.25, -0.2) is 4.98 Å². The van der Waals surface area contributed by atoms with Crippen molar-refractivity contribution in [2.24, 2.45) is 5.92 Å². The lowest BCUT2D eigenvalue weighted by molar-refractivity contribution is -0.121. The Morgan fingerprint density at radius 2 is 2.28 bits per heavy atom. The number of hydrogen-bond donors (Lipinski definition) is 2. The summed E-state index contributed by atoms with van der Waals surface area (Å²) in [4.78, 5) is 15.9. The van der Waals surface area contributed by atoms with Crippen LogP contribution in [0.3, 0.4) is 0 Å². The van der Waals surface area contributed by atoms with Crippen LogP contribution in [0.15, 0.2) is 11.5 Å². The second-order valence-electron chi connectivity index (χ2n) is 4.51. The van der Waals surface area contributed by atoms with Crippen LogP contribution >= 0.6 is 11.8 Å². The highest BCUT2D eigenvalue weighted by Gasteiger charge is 2.31. The fourth-order valence-corrected chi connectivity index (χ4v) is 1.85. The Balaban J connectivity index is 2.63. The van der Waals surface area contributed by atoms with Gasteiger partial charge in [0.1, 0.15) is 11.9 Å². The number of nitrogens with zero attached hydrogens (tertiary/aromatic N) is 3. The van der Waals surface area contributed by atoms with Crippen molar-refractivity contribution in [1.29, 1.82) is 5.26 Å². The summed E-state index contributed by atoms with van der Waals surface area (Å²) >= 11 is 1.27. The first kappa shape index (κ1) is 14.5. The van der Waals surface area contributed by atoms with E-state index in [2.05, 4.69) is 26.6 Å². The minimum Gasteiger partial charge on any atom is -0.337 e. The first-order chi connectivity index (χ1) is 8.39. The van der Waals surface area contributed by atoms with Crippen molar-refractivity contribution in [2.45, 2.75) is 43.6 Å². The molecule has 0 aromatic carbocycles. The van der Waals surface area contributed by atoms with Gasteiger partial charge in [-0.05, 0) is 19.8 Å². The van der Waals surface area contributed by atoms with Gasteiger partial charge in [0, 0.05) is 0 Å². The largest absolute Gasteiger partial charge is 0.337 e. The second kappa shape index (κ2) is 5.87. The van der Waals surface area contributed by atoms with Crippen LogP contribution in [0.1, 0.15) is 27.7 Å². The summed E-state index contributed by atoms with van der Waals surface area (Å²) in [6, 6.07) is 2.15. The average molecular weight is 267 g/mol. The highest BCUT2D eigenvalue weighted by atomic mass is 32.2. The van der Waals surface area contributed by atoms with Crippen molar-refractivity contribution in [3.05, 3.63) is 6.33 Å². The molecule has 2 N–H and O–H groups in total. The predicted octanol–water partition coefficient (Wildman–Crippen LogP) is 1.34. The van der Waals surface area contributed by atoms with Crippen molar-refractivity contribution in [3.8, 4) is 6.07 Å². The highest BCUT2D eigenvalue weighted by molar-refractivity contribution is 8.00. The van der Waals surface area contributed by atoms with Gasteiger partial charge in [0.25, 0.3) is 0 Å². The highest BCUT2D eigenvalue weighted by Crippen LogP contribution is 2.21. The maximum atomic E-state index is 12.0. The number of carbonyl (C=O) groups excluding carboxylic acids is 1. The summed E-state index contributed by atoms with van der Waals surface area (Å²) in [6.07, 6.45) is 1.39. The first-order valence-corrected chi connectivity index (χ1v) is 6.52. The monoisotopic (exact) mass is 267 g/mol. The Hall–Kier alpha value is -1.55. The maximum absolute atomic E-state index is 12.0. The summed E-state index contributed by atoms with van der Waals surface area (Å²) in [6.45, 7) is 7.29. The molecule has 1 amide bonds. The van der Waals surface area contributed by atoms with Crippen LogP contribution in [0, 0.1) is 17.2 Å². The van der Waals surface area contributed by atoms with E-state index in [1.807, 2.05) is 13.8 Å². The standard InChI is InChI=1S/C11H17N5OS/c1-7(2)11(4,5-12)15-9(17)8(3)18-10-13-6-14-16-10/h6-8H,1-4H3,(H,15,17)(H,13,14,16). The van der Waals surface area contributed by atoms with Crippen LogP contribution in [-0.4, -0.2) is 31.9 Å². The first-order valence-electron chi connectivity index (χ1n) is 5.64. The van der Waals surface area contributed by atoms with Gasteiger partial charge < -0.3 is 5.32 Å². The smallest absolute Gasteiger partial charge is 0.234 e. The van der Waals surface area contributed by atoms with Gasteiger partial charge in [0.2, 0.25) is 5.91 Å². The molecule has 1 aromatic heterocycles. The Bertz CT molecular complexity index is 439. The van der Waals surface area contributed by atoms with Crippen molar-refractivity contribution in [1.82, 2.24) is 20.5 Å². The van der Waals surface area contributed by atoms with Crippen molar-refractivity contribution in [2.75, 3.05) is 0 Å².